The van der Waals surface area contributed by atoms with Crippen molar-refractivity contribution < 1.29 is 4.79 Å². The monoisotopic (exact) mass is 313 g/mol. The highest BCUT2D eigenvalue weighted by Crippen LogP contribution is 2.23. The molecule has 2 nitrogen and oxygen atoms in total. The highest BCUT2D eigenvalue weighted by Gasteiger charge is 2.14. The first kappa shape index (κ1) is 16.6. The van der Waals surface area contributed by atoms with Gasteiger partial charge in [-0.1, -0.05) is 37.3 Å². The first-order chi connectivity index (χ1) is 10.5. The van der Waals surface area contributed by atoms with Crippen LogP contribution in [0, 0.1) is 13.8 Å². The summed E-state index contributed by atoms with van der Waals surface area (Å²) in [5.74, 6) is 0.944. The molecule has 0 spiro atoms. The summed E-state index contributed by atoms with van der Waals surface area (Å²) in [5.41, 5.74) is 4.41. The minimum Gasteiger partial charge on any atom is -0.345 e. The van der Waals surface area contributed by atoms with E-state index in [-0.39, 0.29) is 11.9 Å². The highest BCUT2D eigenvalue weighted by molar-refractivity contribution is 7.99. The third kappa shape index (κ3) is 3.92. The van der Waals surface area contributed by atoms with Crippen LogP contribution in [-0.2, 0) is 0 Å². The van der Waals surface area contributed by atoms with E-state index in [1.54, 1.807) is 11.8 Å². The molecule has 0 heterocycles. The number of carbonyl (C=O) groups excluding carboxylic acids is 1. The summed E-state index contributed by atoms with van der Waals surface area (Å²) in [7, 11) is 0. The average molecular weight is 313 g/mol. The Balaban J connectivity index is 2.16. The van der Waals surface area contributed by atoms with E-state index in [0.717, 1.165) is 21.8 Å². The van der Waals surface area contributed by atoms with Gasteiger partial charge in [0.1, 0.15) is 0 Å². The van der Waals surface area contributed by atoms with Crippen molar-refractivity contribution in [3.63, 3.8) is 0 Å². The maximum atomic E-state index is 12.6. The fraction of sp³-hybridized carbons (Fsp3) is 0.316. The second-order valence-corrected chi connectivity index (χ2v) is 6.77. The van der Waals surface area contributed by atoms with Gasteiger partial charge in [-0.05, 0) is 55.3 Å². The van der Waals surface area contributed by atoms with Crippen LogP contribution in [0.3, 0.4) is 0 Å². The van der Waals surface area contributed by atoms with Crippen LogP contribution in [-0.4, -0.2) is 11.7 Å². The third-order valence-corrected chi connectivity index (χ3v) is 4.77. The lowest BCUT2D eigenvalue weighted by Crippen LogP contribution is -2.27. The lowest BCUT2D eigenvalue weighted by Gasteiger charge is -2.17. The van der Waals surface area contributed by atoms with E-state index in [1.165, 1.54) is 11.1 Å². The zero-order chi connectivity index (χ0) is 16.1. The van der Waals surface area contributed by atoms with Crippen molar-refractivity contribution in [3.8, 4) is 0 Å². The molecule has 0 aliphatic rings. The molecule has 1 amide bonds. The Morgan fingerprint density at radius 3 is 2.55 bits per heavy atom. The van der Waals surface area contributed by atoms with Gasteiger partial charge in [0.05, 0.1) is 11.6 Å². The molecule has 0 saturated heterocycles. The number of amides is 1. The fourth-order valence-electron chi connectivity index (χ4n) is 2.33. The van der Waals surface area contributed by atoms with E-state index in [2.05, 4.69) is 44.3 Å². The molecule has 0 unspecified atom stereocenters. The highest BCUT2D eigenvalue weighted by atomic mass is 32.2. The van der Waals surface area contributed by atoms with Crippen molar-refractivity contribution in [2.24, 2.45) is 0 Å². The number of thioether (sulfide) groups is 1. The molecule has 3 heteroatoms. The van der Waals surface area contributed by atoms with Crippen LogP contribution < -0.4 is 5.32 Å². The molecular weight excluding hydrogens is 290 g/mol. The first-order valence-electron chi connectivity index (χ1n) is 7.62. The molecule has 2 aromatic rings. The number of aryl methyl sites for hydroxylation is 2. The number of benzene rings is 2. The Labute approximate surface area is 137 Å². The maximum Gasteiger partial charge on any atom is 0.252 e. The lowest BCUT2D eigenvalue weighted by molar-refractivity contribution is 0.0937. The van der Waals surface area contributed by atoms with Gasteiger partial charge in [0.2, 0.25) is 0 Å². The maximum absolute atomic E-state index is 12.6. The SMILES string of the molecule is CCSc1ccccc1C(=O)N[C@@H](C)c1ccc(C)c(C)c1. The van der Waals surface area contributed by atoms with Gasteiger partial charge in [-0.15, -0.1) is 11.8 Å². The van der Waals surface area contributed by atoms with Crippen LogP contribution in [0.4, 0.5) is 0 Å². The van der Waals surface area contributed by atoms with Crippen molar-refractivity contribution in [2.75, 3.05) is 5.75 Å². The Hall–Kier alpha value is -1.74. The van der Waals surface area contributed by atoms with Crippen molar-refractivity contribution in [3.05, 3.63) is 64.7 Å². The van der Waals surface area contributed by atoms with E-state index < -0.39 is 0 Å². The summed E-state index contributed by atoms with van der Waals surface area (Å²) >= 11 is 1.70. The van der Waals surface area contributed by atoms with Crippen molar-refractivity contribution in [2.45, 2.75) is 38.6 Å². The summed E-state index contributed by atoms with van der Waals surface area (Å²) in [4.78, 5) is 13.6. The van der Waals surface area contributed by atoms with E-state index in [0.29, 0.717) is 0 Å². The number of hydrogen-bond donors (Lipinski definition) is 1. The van der Waals surface area contributed by atoms with Crippen LogP contribution in [0.15, 0.2) is 47.4 Å². The van der Waals surface area contributed by atoms with Gasteiger partial charge < -0.3 is 5.32 Å². The van der Waals surface area contributed by atoms with E-state index in [1.807, 2.05) is 31.2 Å². The average Bonchev–Trinajstić information content (AvgIpc) is 2.50. The second kappa shape index (κ2) is 7.50. The second-order valence-electron chi connectivity index (χ2n) is 5.47. The van der Waals surface area contributed by atoms with Crippen molar-refractivity contribution in [1.82, 2.24) is 5.32 Å². The standard InChI is InChI=1S/C19H23NOS/c1-5-22-18-9-7-6-8-17(18)19(21)20-15(4)16-11-10-13(2)14(3)12-16/h6-12,15H,5H2,1-4H3,(H,20,21)/t15-/m0/s1. The molecule has 0 fully saturated rings. The van der Waals surface area contributed by atoms with Gasteiger partial charge in [0, 0.05) is 4.90 Å². The minimum absolute atomic E-state index is 0.00789. The molecule has 0 bridgehead atoms. The number of carbonyl (C=O) groups is 1. The molecular formula is C19H23NOS. The van der Waals surface area contributed by atoms with E-state index in [4.69, 9.17) is 0 Å². The molecule has 116 valence electrons. The van der Waals surface area contributed by atoms with Crippen molar-refractivity contribution in [1.29, 1.82) is 0 Å². The van der Waals surface area contributed by atoms with Crippen molar-refractivity contribution >= 4 is 17.7 Å². The molecule has 0 aliphatic carbocycles. The molecule has 0 saturated carbocycles. The Bertz CT molecular complexity index is 666. The number of nitrogens with one attached hydrogen (secondary N) is 1. The minimum atomic E-state index is -0.0118. The van der Waals surface area contributed by atoms with E-state index >= 15 is 0 Å². The van der Waals surface area contributed by atoms with E-state index in [9.17, 15) is 4.79 Å². The lowest BCUT2D eigenvalue weighted by atomic mass is 10.0. The van der Waals surface area contributed by atoms with Gasteiger partial charge in [-0.3, -0.25) is 4.79 Å². The number of hydrogen-bond acceptors (Lipinski definition) is 2. The number of rotatable bonds is 5. The molecule has 0 aromatic heterocycles. The Morgan fingerprint density at radius 2 is 1.86 bits per heavy atom. The molecule has 2 rings (SSSR count). The van der Waals surface area contributed by atoms with Crippen LogP contribution in [0.25, 0.3) is 0 Å². The molecule has 1 atom stereocenters. The first-order valence-corrected chi connectivity index (χ1v) is 8.61. The molecule has 0 radical (unpaired) electrons. The van der Waals surface area contributed by atoms with Gasteiger partial charge in [0.25, 0.3) is 5.91 Å². The summed E-state index contributed by atoms with van der Waals surface area (Å²) < 4.78 is 0. The Kier molecular flexibility index (Phi) is 5.67. The zero-order valence-corrected chi connectivity index (χ0v) is 14.5. The molecule has 1 N–H and O–H groups in total. The van der Waals surface area contributed by atoms with Gasteiger partial charge in [-0.2, -0.15) is 0 Å². The van der Waals surface area contributed by atoms with Crippen LogP contribution in [0.5, 0.6) is 0 Å². The predicted octanol–water partition coefficient (Wildman–Crippen LogP) is 4.91. The molecule has 2 aromatic carbocycles. The molecule has 22 heavy (non-hydrogen) atoms. The van der Waals surface area contributed by atoms with Gasteiger partial charge in [0.15, 0.2) is 0 Å². The summed E-state index contributed by atoms with van der Waals surface area (Å²) in [5, 5.41) is 3.11. The fourth-order valence-corrected chi connectivity index (χ4v) is 3.13. The van der Waals surface area contributed by atoms with Gasteiger partial charge >= 0.3 is 0 Å². The zero-order valence-electron chi connectivity index (χ0n) is 13.6. The topological polar surface area (TPSA) is 29.1 Å². The normalized spacial score (nSPS) is 12.0. The third-order valence-electron chi connectivity index (χ3n) is 3.81. The summed E-state index contributed by atoms with van der Waals surface area (Å²) in [6.07, 6.45) is 0. The summed E-state index contributed by atoms with van der Waals surface area (Å²) in [6.45, 7) is 8.32. The quantitative estimate of drug-likeness (QED) is 0.795. The molecule has 0 aliphatic heterocycles. The smallest absolute Gasteiger partial charge is 0.252 e. The predicted molar refractivity (Wildman–Crippen MR) is 94.6 cm³/mol. The Morgan fingerprint density at radius 1 is 1.14 bits per heavy atom. The van der Waals surface area contributed by atoms with Gasteiger partial charge in [-0.25, -0.2) is 0 Å². The van der Waals surface area contributed by atoms with Crippen LogP contribution in [0.2, 0.25) is 0 Å². The van der Waals surface area contributed by atoms with Crippen LogP contribution >= 0.6 is 11.8 Å². The van der Waals surface area contributed by atoms with Crippen LogP contribution in [0.1, 0.15) is 46.9 Å². The summed E-state index contributed by atoms with van der Waals surface area (Å²) in [6, 6.07) is 14.1. The largest absolute Gasteiger partial charge is 0.345 e.